The fraction of sp³-hybridized carbons (Fsp3) is 0.400. The molecule has 216 valence electrons. The van der Waals surface area contributed by atoms with Gasteiger partial charge in [0.05, 0.1) is 23.3 Å². The van der Waals surface area contributed by atoms with Gasteiger partial charge in [0.2, 0.25) is 11.7 Å². The van der Waals surface area contributed by atoms with Crippen molar-refractivity contribution in [2.75, 3.05) is 6.54 Å². The Hall–Kier alpha value is -4.22. The van der Waals surface area contributed by atoms with Crippen LogP contribution in [0.1, 0.15) is 49.7 Å². The van der Waals surface area contributed by atoms with E-state index in [0.717, 1.165) is 5.56 Å². The number of hydrogen-bond acceptors (Lipinski definition) is 8. The van der Waals surface area contributed by atoms with Crippen molar-refractivity contribution in [3.8, 4) is 0 Å². The van der Waals surface area contributed by atoms with Crippen LogP contribution in [-0.2, 0) is 20.8 Å². The number of nitrogens with one attached hydrogen (secondary N) is 4. The Bertz CT molecular complexity index is 1410. The third-order valence-electron chi connectivity index (χ3n) is 6.78. The Balaban J connectivity index is 1.57. The molecule has 1 fully saturated rings. The summed E-state index contributed by atoms with van der Waals surface area (Å²) >= 11 is 0. The van der Waals surface area contributed by atoms with Gasteiger partial charge >= 0.3 is 0 Å². The number of aromatic nitrogens is 2. The van der Waals surface area contributed by atoms with E-state index >= 15 is 0 Å². The van der Waals surface area contributed by atoms with Crippen LogP contribution in [0, 0.1) is 5.92 Å². The topological polar surface area (TPSA) is 162 Å². The van der Waals surface area contributed by atoms with Gasteiger partial charge in [0.25, 0.3) is 11.8 Å². The van der Waals surface area contributed by atoms with Gasteiger partial charge in [0.15, 0.2) is 0 Å². The van der Waals surface area contributed by atoms with Gasteiger partial charge in [0.1, 0.15) is 18.0 Å². The van der Waals surface area contributed by atoms with Crippen molar-refractivity contribution in [3.05, 3.63) is 72.1 Å². The molecular weight excluding hydrogens is 524 g/mol. The minimum Gasteiger partial charge on any atom is -0.378 e. The number of rotatable bonds is 10. The van der Waals surface area contributed by atoms with Crippen molar-refractivity contribution in [1.82, 2.24) is 31.2 Å². The maximum absolute atomic E-state index is 13.7. The highest BCUT2D eigenvalue weighted by Crippen LogP contribution is 2.20. The number of nitrogens with zero attached hydrogens (tertiary/aromatic N) is 2. The predicted molar refractivity (Wildman–Crippen MR) is 153 cm³/mol. The molecule has 4 atom stereocenters. The average molecular weight is 561 g/mol. The van der Waals surface area contributed by atoms with E-state index in [1.165, 1.54) is 6.20 Å². The van der Waals surface area contributed by atoms with Crippen LogP contribution in [0.5, 0.6) is 0 Å². The minimum absolute atomic E-state index is 0.0342. The molecule has 0 saturated carbocycles. The van der Waals surface area contributed by atoms with E-state index in [0.29, 0.717) is 24.0 Å². The summed E-state index contributed by atoms with van der Waals surface area (Å²) in [6.45, 7) is 5.79. The third kappa shape index (κ3) is 8.15. The van der Waals surface area contributed by atoms with Crippen molar-refractivity contribution in [3.63, 3.8) is 0 Å². The number of aliphatic hydroxyl groups excluding tert-OH is 1. The van der Waals surface area contributed by atoms with E-state index in [-0.39, 0.29) is 24.5 Å². The number of carbonyl (C=O) groups is 4. The van der Waals surface area contributed by atoms with Crippen LogP contribution in [0.15, 0.2) is 60.8 Å². The van der Waals surface area contributed by atoms with Crippen LogP contribution in [-0.4, -0.2) is 69.0 Å². The molecule has 1 saturated heterocycles. The molecule has 2 aromatic carbocycles. The number of aliphatic hydroxyl groups is 1. The molecule has 5 N–H and O–H groups in total. The zero-order chi connectivity index (χ0) is 29.6. The first-order valence-corrected chi connectivity index (χ1v) is 13.6. The first kappa shape index (κ1) is 29.8. The number of benzene rings is 2. The molecule has 1 aromatic heterocycles. The fourth-order valence-corrected chi connectivity index (χ4v) is 4.71. The van der Waals surface area contributed by atoms with Crippen molar-refractivity contribution in [2.45, 2.75) is 63.9 Å². The quantitative estimate of drug-likeness (QED) is 0.232. The molecule has 0 spiro atoms. The number of para-hydroxylation sites is 2. The van der Waals surface area contributed by atoms with Crippen LogP contribution >= 0.6 is 0 Å². The van der Waals surface area contributed by atoms with E-state index in [4.69, 9.17) is 0 Å². The predicted octanol–water partition coefficient (Wildman–Crippen LogP) is 1.26. The lowest BCUT2D eigenvalue weighted by molar-refractivity contribution is -0.141. The Kier molecular flexibility index (Phi) is 9.41. The molecule has 11 nitrogen and oxygen atoms in total. The summed E-state index contributed by atoms with van der Waals surface area (Å²) in [7, 11) is 0. The smallest absolute Gasteiger partial charge is 0.290 e. The maximum atomic E-state index is 13.7. The Labute approximate surface area is 238 Å². The lowest BCUT2D eigenvalue weighted by Crippen LogP contribution is -2.56. The molecule has 0 radical (unpaired) electrons. The Morgan fingerprint density at radius 2 is 1.66 bits per heavy atom. The van der Waals surface area contributed by atoms with Gasteiger partial charge in [-0.3, -0.25) is 29.5 Å². The summed E-state index contributed by atoms with van der Waals surface area (Å²) < 4.78 is 0. The molecule has 0 aliphatic carbocycles. The van der Waals surface area contributed by atoms with Gasteiger partial charge in [-0.25, -0.2) is 4.98 Å². The van der Waals surface area contributed by atoms with Crippen LogP contribution in [0.2, 0.25) is 0 Å². The van der Waals surface area contributed by atoms with E-state index in [2.05, 4.69) is 31.2 Å². The molecule has 41 heavy (non-hydrogen) atoms. The molecule has 0 bridgehead atoms. The highest BCUT2D eigenvalue weighted by molar-refractivity contribution is 6.38. The number of fused-ring (bicyclic) bond motifs is 1. The zero-order valence-electron chi connectivity index (χ0n) is 23.4. The van der Waals surface area contributed by atoms with Crippen molar-refractivity contribution >= 4 is 34.5 Å². The van der Waals surface area contributed by atoms with Gasteiger partial charge in [-0.2, -0.15) is 0 Å². The Morgan fingerprint density at radius 1 is 0.976 bits per heavy atom. The SMILES string of the molecule is CC(C)(C)NC(=O)C(=O)[C@H](C[C@@H]1CCNC1O)NC(=O)[C@H](Cc1ccccc1)NC(=O)c1cnc2ccccc2n1. The largest absolute Gasteiger partial charge is 0.378 e. The van der Waals surface area contributed by atoms with Gasteiger partial charge in [0, 0.05) is 17.9 Å². The molecular formula is C30H36N6O5. The summed E-state index contributed by atoms with van der Waals surface area (Å²) in [5.41, 5.74) is 1.30. The number of Topliss-reactive ketones (excluding diaryl/α,β-unsaturated/α-hetero) is 1. The van der Waals surface area contributed by atoms with Crippen LogP contribution in [0.25, 0.3) is 11.0 Å². The van der Waals surface area contributed by atoms with Crippen LogP contribution < -0.4 is 21.3 Å². The lowest BCUT2D eigenvalue weighted by atomic mass is 9.93. The molecule has 1 aliphatic heterocycles. The van der Waals surface area contributed by atoms with E-state index < -0.39 is 47.4 Å². The monoisotopic (exact) mass is 560 g/mol. The normalized spacial score (nSPS) is 18.3. The van der Waals surface area contributed by atoms with E-state index in [9.17, 15) is 24.3 Å². The fourth-order valence-electron chi connectivity index (χ4n) is 4.71. The lowest BCUT2D eigenvalue weighted by Gasteiger charge is -2.27. The molecule has 11 heteroatoms. The summed E-state index contributed by atoms with van der Waals surface area (Å²) in [4.78, 5) is 61.6. The first-order chi connectivity index (χ1) is 19.5. The number of ketones is 1. The van der Waals surface area contributed by atoms with Crippen molar-refractivity contribution < 1.29 is 24.3 Å². The van der Waals surface area contributed by atoms with Gasteiger partial charge in [-0.15, -0.1) is 0 Å². The standard InChI is InChI=1S/C30H36N6O5/c1-30(2,3)36-29(41)25(37)22(16-19-13-14-31-26(19)38)34-27(39)23(15-18-9-5-4-6-10-18)35-28(40)24-17-32-20-11-7-8-12-21(20)33-24/h4-12,17,19,22-23,26,31,38H,13-16H2,1-3H3,(H,34,39)(H,35,40)(H,36,41)/t19-,22-,23-,26?/m0/s1. The summed E-state index contributed by atoms with van der Waals surface area (Å²) in [6.07, 6.45) is 1.24. The molecule has 1 aliphatic rings. The molecule has 1 unspecified atom stereocenters. The maximum Gasteiger partial charge on any atom is 0.290 e. The third-order valence-corrected chi connectivity index (χ3v) is 6.78. The number of amides is 3. The van der Waals surface area contributed by atoms with E-state index in [1.54, 1.807) is 39.0 Å². The summed E-state index contributed by atoms with van der Waals surface area (Å²) in [5.74, 6) is -3.25. The molecule has 3 aromatic rings. The minimum atomic E-state index is -1.21. The molecule has 4 rings (SSSR count). The summed E-state index contributed by atoms with van der Waals surface area (Å²) in [6, 6.07) is 13.9. The van der Waals surface area contributed by atoms with Crippen molar-refractivity contribution in [1.29, 1.82) is 0 Å². The molecule has 2 heterocycles. The molecule has 3 amide bonds. The van der Waals surface area contributed by atoms with Crippen LogP contribution in [0.4, 0.5) is 0 Å². The van der Waals surface area contributed by atoms with Gasteiger partial charge in [-0.1, -0.05) is 42.5 Å². The van der Waals surface area contributed by atoms with Crippen molar-refractivity contribution in [2.24, 2.45) is 5.92 Å². The number of hydrogen-bond donors (Lipinski definition) is 5. The number of carbonyl (C=O) groups excluding carboxylic acids is 4. The first-order valence-electron chi connectivity index (χ1n) is 13.6. The average Bonchev–Trinajstić information content (AvgIpc) is 3.35. The van der Waals surface area contributed by atoms with Gasteiger partial charge in [-0.05, 0) is 57.9 Å². The second-order valence-corrected chi connectivity index (χ2v) is 11.3. The second-order valence-electron chi connectivity index (χ2n) is 11.3. The van der Waals surface area contributed by atoms with Gasteiger partial charge < -0.3 is 21.1 Å². The zero-order valence-corrected chi connectivity index (χ0v) is 23.4. The second kappa shape index (κ2) is 13.0. The van der Waals surface area contributed by atoms with Crippen LogP contribution in [0.3, 0.4) is 0 Å². The Morgan fingerprint density at radius 3 is 2.32 bits per heavy atom. The highest BCUT2D eigenvalue weighted by atomic mass is 16.3. The van der Waals surface area contributed by atoms with E-state index in [1.807, 2.05) is 36.4 Å². The summed E-state index contributed by atoms with van der Waals surface area (Å²) in [5, 5.41) is 21.3. The highest BCUT2D eigenvalue weighted by Gasteiger charge is 2.36.